The zero-order valence-corrected chi connectivity index (χ0v) is 11.4. The van der Waals surface area contributed by atoms with Gasteiger partial charge in [-0.25, -0.2) is 5.43 Å². The number of benzene rings is 1. The van der Waals surface area contributed by atoms with Gasteiger partial charge in [0, 0.05) is 24.4 Å². The molecule has 0 atom stereocenters. The number of amides is 1. The first kappa shape index (κ1) is 13.9. The second-order valence-electron chi connectivity index (χ2n) is 4.45. The molecule has 0 unspecified atom stereocenters. The monoisotopic (exact) mass is 267 g/mol. The summed E-state index contributed by atoms with van der Waals surface area (Å²) >= 11 is 0. The first-order valence-corrected chi connectivity index (χ1v) is 6.53. The predicted octanol–water partition coefficient (Wildman–Crippen LogP) is 2.55. The van der Waals surface area contributed by atoms with Gasteiger partial charge in [-0.2, -0.15) is 5.10 Å². The zero-order chi connectivity index (χ0) is 14.2. The van der Waals surface area contributed by atoms with Gasteiger partial charge in [0.05, 0.1) is 5.71 Å². The summed E-state index contributed by atoms with van der Waals surface area (Å²) in [7, 11) is 0. The van der Waals surface area contributed by atoms with Crippen LogP contribution in [0.3, 0.4) is 0 Å². The molecule has 0 aliphatic carbocycles. The van der Waals surface area contributed by atoms with Crippen LogP contribution >= 0.6 is 0 Å². The summed E-state index contributed by atoms with van der Waals surface area (Å²) < 4.78 is 0. The van der Waals surface area contributed by atoms with Crippen LogP contribution in [0.4, 0.5) is 0 Å². The van der Waals surface area contributed by atoms with Gasteiger partial charge in [0.25, 0.3) is 0 Å². The van der Waals surface area contributed by atoms with Crippen LogP contribution in [-0.2, 0) is 11.2 Å². The summed E-state index contributed by atoms with van der Waals surface area (Å²) in [6.07, 6.45) is 4.55. The number of rotatable bonds is 5. The molecule has 1 aromatic heterocycles. The molecule has 0 bridgehead atoms. The Morgan fingerprint density at radius 2 is 1.85 bits per heavy atom. The topological polar surface area (TPSA) is 54.4 Å². The second kappa shape index (κ2) is 7.19. The van der Waals surface area contributed by atoms with Gasteiger partial charge in [-0.05, 0) is 31.0 Å². The average Bonchev–Trinajstić information content (AvgIpc) is 2.52. The minimum absolute atomic E-state index is 0.0812. The van der Waals surface area contributed by atoms with E-state index < -0.39 is 0 Å². The summed E-state index contributed by atoms with van der Waals surface area (Å²) in [5.41, 5.74) is 5.44. The number of hydrogen-bond acceptors (Lipinski definition) is 3. The summed E-state index contributed by atoms with van der Waals surface area (Å²) in [4.78, 5) is 15.7. The molecule has 0 aliphatic rings. The van der Waals surface area contributed by atoms with E-state index in [0.29, 0.717) is 6.42 Å². The molecule has 20 heavy (non-hydrogen) atoms. The van der Waals surface area contributed by atoms with E-state index in [2.05, 4.69) is 15.5 Å². The van der Waals surface area contributed by atoms with Crippen LogP contribution in [-0.4, -0.2) is 16.6 Å². The SMILES string of the molecule is C/C(=N\NC(=O)CCc1ccccc1)c1ccncc1. The van der Waals surface area contributed by atoms with Gasteiger partial charge in [-0.1, -0.05) is 30.3 Å². The highest BCUT2D eigenvalue weighted by molar-refractivity contribution is 5.99. The van der Waals surface area contributed by atoms with Crippen molar-refractivity contribution in [3.05, 3.63) is 66.0 Å². The van der Waals surface area contributed by atoms with Crippen LogP contribution in [0.5, 0.6) is 0 Å². The molecule has 2 aromatic rings. The molecule has 0 fully saturated rings. The van der Waals surface area contributed by atoms with Crippen molar-refractivity contribution in [3.8, 4) is 0 Å². The zero-order valence-electron chi connectivity index (χ0n) is 11.4. The number of carbonyl (C=O) groups excluding carboxylic acids is 1. The highest BCUT2D eigenvalue weighted by Crippen LogP contribution is 2.02. The molecular weight excluding hydrogens is 250 g/mol. The minimum atomic E-state index is -0.0812. The van der Waals surface area contributed by atoms with Crippen LogP contribution in [0, 0.1) is 0 Å². The number of hydrogen-bond donors (Lipinski definition) is 1. The Morgan fingerprint density at radius 1 is 1.15 bits per heavy atom. The predicted molar refractivity (Wildman–Crippen MR) is 79.4 cm³/mol. The fraction of sp³-hybridized carbons (Fsp3) is 0.188. The molecule has 1 amide bonds. The van der Waals surface area contributed by atoms with Crippen LogP contribution < -0.4 is 5.43 Å². The average molecular weight is 267 g/mol. The van der Waals surface area contributed by atoms with Gasteiger partial charge in [-0.15, -0.1) is 0 Å². The lowest BCUT2D eigenvalue weighted by Crippen LogP contribution is -2.19. The molecule has 0 radical (unpaired) electrons. The quantitative estimate of drug-likeness (QED) is 0.668. The summed E-state index contributed by atoms with van der Waals surface area (Å²) in [5, 5.41) is 4.10. The van der Waals surface area contributed by atoms with Gasteiger partial charge in [0.2, 0.25) is 5.91 Å². The fourth-order valence-corrected chi connectivity index (χ4v) is 1.76. The lowest BCUT2D eigenvalue weighted by molar-refractivity contribution is -0.121. The maximum absolute atomic E-state index is 11.7. The van der Waals surface area contributed by atoms with Gasteiger partial charge in [-0.3, -0.25) is 9.78 Å². The Morgan fingerprint density at radius 3 is 2.55 bits per heavy atom. The number of aromatic nitrogens is 1. The van der Waals surface area contributed by atoms with E-state index in [-0.39, 0.29) is 5.91 Å². The highest BCUT2D eigenvalue weighted by Gasteiger charge is 2.02. The van der Waals surface area contributed by atoms with E-state index in [1.807, 2.05) is 49.4 Å². The van der Waals surface area contributed by atoms with E-state index in [9.17, 15) is 4.79 Å². The number of nitrogens with zero attached hydrogens (tertiary/aromatic N) is 2. The van der Waals surface area contributed by atoms with Gasteiger partial charge >= 0.3 is 0 Å². The van der Waals surface area contributed by atoms with E-state index in [0.717, 1.165) is 23.3 Å². The third-order valence-electron chi connectivity index (χ3n) is 2.93. The van der Waals surface area contributed by atoms with Crippen molar-refractivity contribution in [1.29, 1.82) is 0 Å². The van der Waals surface area contributed by atoms with Gasteiger partial charge < -0.3 is 0 Å². The number of aryl methyl sites for hydroxylation is 1. The van der Waals surface area contributed by atoms with E-state index in [4.69, 9.17) is 0 Å². The van der Waals surface area contributed by atoms with Crippen LogP contribution in [0.2, 0.25) is 0 Å². The number of hydrazone groups is 1. The molecule has 4 nitrogen and oxygen atoms in total. The fourth-order valence-electron chi connectivity index (χ4n) is 1.76. The lowest BCUT2D eigenvalue weighted by atomic mass is 10.1. The van der Waals surface area contributed by atoms with Crippen molar-refractivity contribution in [2.24, 2.45) is 5.10 Å². The Balaban J connectivity index is 1.83. The number of carbonyl (C=O) groups is 1. The molecule has 0 spiro atoms. The summed E-state index contributed by atoms with van der Waals surface area (Å²) in [6, 6.07) is 13.6. The molecule has 0 saturated carbocycles. The van der Waals surface area contributed by atoms with Crippen molar-refractivity contribution in [3.63, 3.8) is 0 Å². The van der Waals surface area contributed by atoms with E-state index >= 15 is 0 Å². The van der Waals surface area contributed by atoms with Gasteiger partial charge in [0.15, 0.2) is 0 Å². The largest absolute Gasteiger partial charge is 0.273 e. The van der Waals surface area contributed by atoms with E-state index in [1.165, 1.54) is 0 Å². The Bertz CT molecular complexity index is 579. The van der Waals surface area contributed by atoms with Crippen molar-refractivity contribution in [2.75, 3.05) is 0 Å². The molecule has 4 heteroatoms. The molecule has 1 heterocycles. The lowest BCUT2D eigenvalue weighted by Gasteiger charge is -2.03. The van der Waals surface area contributed by atoms with E-state index in [1.54, 1.807) is 12.4 Å². The Labute approximate surface area is 118 Å². The van der Waals surface area contributed by atoms with Crippen molar-refractivity contribution < 1.29 is 4.79 Å². The Hall–Kier alpha value is -2.49. The molecular formula is C16H17N3O. The summed E-state index contributed by atoms with van der Waals surface area (Å²) in [5.74, 6) is -0.0812. The maximum Gasteiger partial charge on any atom is 0.240 e. The van der Waals surface area contributed by atoms with Crippen molar-refractivity contribution in [1.82, 2.24) is 10.4 Å². The van der Waals surface area contributed by atoms with Gasteiger partial charge in [0.1, 0.15) is 0 Å². The highest BCUT2D eigenvalue weighted by atomic mass is 16.2. The van der Waals surface area contributed by atoms with Crippen molar-refractivity contribution >= 4 is 11.6 Å². The van der Waals surface area contributed by atoms with Crippen LogP contribution in [0.25, 0.3) is 0 Å². The standard InChI is InChI=1S/C16H17N3O/c1-13(15-9-11-17-12-10-15)18-19-16(20)8-7-14-5-3-2-4-6-14/h2-6,9-12H,7-8H2,1H3,(H,19,20)/b18-13+. The molecule has 0 aliphatic heterocycles. The number of nitrogens with one attached hydrogen (secondary N) is 1. The molecule has 102 valence electrons. The van der Waals surface area contributed by atoms with Crippen molar-refractivity contribution in [2.45, 2.75) is 19.8 Å². The summed E-state index contributed by atoms with van der Waals surface area (Å²) in [6.45, 7) is 1.85. The third kappa shape index (κ3) is 4.31. The van der Waals surface area contributed by atoms with Crippen LogP contribution in [0.1, 0.15) is 24.5 Å². The molecule has 2 rings (SSSR count). The normalized spacial score (nSPS) is 11.2. The molecule has 0 saturated heterocycles. The number of pyridine rings is 1. The first-order chi connectivity index (χ1) is 9.75. The Kier molecular flexibility index (Phi) is 5.00. The minimum Gasteiger partial charge on any atom is -0.273 e. The smallest absolute Gasteiger partial charge is 0.240 e. The molecule has 1 aromatic carbocycles. The third-order valence-corrected chi connectivity index (χ3v) is 2.93. The second-order valence-corrected chi connectivity index (χ2v) is 4.45. The maximum atomic E-state index is 11.7. The van der Waals surface area contributed by atoms with Crippen LogP contribution in [0.15, 0.2) is 60.0 Å². The first-order valence-electron chi connectivity index (χ1n) is 6.53. The molecule has 1 N–H and O–H groups in total.